The molecule has 2 aliphatic rings. The zero-order valence-corrected chi connectivity index (χ0v) is 10.2. The second kappa shape index (κ2) is 4.77. The molecule has 0 aromatic heterocycles. The van der Waals surface area contributed by atoms with Crippen molar-refractivity contribution >= 4 is 11.8 Å². The van der Waals surface area contributed by atoms with Crippen molar-refractivity contribution in [2.24, 2.45) is 16.1 Å². The summed E-state index contributed by atoms with van der Waals surface area (Å²) >= 11 is 0. The third-order valence-electron chi connectivity index (χ3n) is 3.31. The Bertz CT molecular complexity index is 371. The van der Waals surface area contributed by atoms with E-state index in [9.17, 15) is 9.59 Å². The molecule has 0 aliphatic carbocycles. The highest BCUT2D eigenvalue weighted by Crippen LogP contribution is 2.25. The summed E-state index contributed by atoms with van der Waals surface area (Å²) in [6.07, 6.45) is 4.94. The third kappa shape index (κ3) is 2.43. The number of hydrogen-bond donors (Lipinski definition) is 0. The summed E-state index contributed by atoms with van der Waals surface area (Å²) in [6.45, 7) is 5.03. The maximum absolute atomic E-state index is 12.2. The van der Waals surface area contributed by atoms with Crippen LogP contribution in [-0.4, -0.2) is 35.3 Å². The van der Waals surface area contributed by atoms with E-state index >= 15 is 0 Å². The number of amides is 2. The van der Waals surface area contributed by atoms with Crippen LogP contribution in [0.3, 0.4) is 0 Å². The van der Waals surface area contributed by atoms with Gasteiger partial charge in [-0.2, -0.15) is 5.11 Å². The summed E-state index contributed by atoms with van der Waals surface area (Å²) in [7, 11) is 0. The Morgan fingerprint density at radius 1 is 1.53 bits per heavy atom. The number of carbonyl (C=O) groups excluding carboxylic acids is 2. The zero-order chi connectivity index (χ0) is 12.4. The molecule has 5 heteroatoms. The molecule has 0 spiro atoms. The molecule has 92 valence electrons. The van der Waals surface area contributed by atoms with E-state index in [-0.39, 0.29) is 5.91 Å². The molecule has 1 fully saturated rings. The molecule has 0 saturated carbocycles. The molecule has 0 aromatic rings. The minimum Gasteiger partial charge on any atom is -0.337 e. The summed E-state index contributed by atoms with van der Waals surface area (Å²) in [4.78, 5) is 25.0. The largest absolute Gasteiger partial charge is 0.337 e. The number of carbonyl (C=O) groups is 2. The maximum atomic E-state index is 12.2. The Balaban J connectivity index is 2.07. The average molecular weight is 235 g/mol. The molecule has 5 nitrogen and oxygen atoms in total. The molecule has 2 aliphatic heterocycles. The van der Waals surface area contributed by atoms with Crippen molar-refractivity contribution in [3.8, 4) is 0 Å². The minimum absolute atomic E-state index is 0.0336. The first-order chi connectivity index (χ1) is 8.09. The van der Waals surface area contributed by atoms with E-state index in [1.165, 1.54) is 12.2 Å². The number of nitrogens with zero attached hydrogens (tertiary/aromatic N) is 3. The van der Waals surface area contributed by atoms with Gasteiger partial charge in [0.15, 0.2) is 6.04 Å². The summed E-state index contributed by atoms with van der Waals surface area (Å²) in [5.41, 5.74) is 0. The molecular weight excluding hydrogens is 218 g/mol. The predicted molar refractivity (Wildman–Crippen MR) is 62.4 cm³/mol. The summed E-state index contributed by atoms with van der Waals surface area (Å²) in [5.74, 6) is 0.0252. The highest BCUT2D eigenvalue weighted by molar-refractivity contribution is 5.92. The predicted octanol–water partition coefficient (Wildman–Crippen LogP) is 1.55. The van der Waals surface area contributed by atoms with Gasteiger partial charge in [-0.3, -0.25) is 9.59 Å². The van der Waals surface area contributed by atoms with Gasteiger partial charge in [0.2, 0.25) is 0 Å². The van der Waals surface area contributed by atoms with Gasteiger partial charge in [-0.1, -0.05) is 13.8 Å². The van der Waals surface area contributed by atoms with Crippen molar-refractivity contribution in [2.45, 2.75) is 38.8 Å². The number of rotatable bonds is 2. The van der Waals surface area contributed by atoms with Crippen LogP contribution in [0.15, 0.2) is 22.4 Å². The number of likely N-dealkylation sites (tertiary alicyclic amines) is 1. The van der Waals surface area contributed by atoms with Crippen molar-refractivity contribution in [1.82, 2.24) is 4.90 Å². The van der Waals surface area contributed by atoms with Gasteiger partial charge in [-0.05, 0) is 24.8 Å². The fourth-order valence-electron chi connectivity index (χ4n) is 2.43. The second-order valence-corrected chi connectivity index (χ2v) is 4.84. The number of azo groups is 1. The van der Waals surface area contributed by atoms with Crippen LogP contribution in [-0.2, 0) is 9.59 Å². The lowest BCUT2D eigenvalue weighted by Gasteiger charge is -2.29. The van der Waals surface area contributed by atoms with Crippen LogP contribution in [0.5, 0.6) is 0 Å². The lowest BCUT2D eigenvalue weighted by Crippen LogP contribution is -2.43. The highest BCUT2D eigenvalue weighted by atomic mass is 16.2. The van der Waals surface area contributed by atoms with E-state index in [1.807, 2.05) is 4.90 Å². The Morgan fingerprint density at radius 2 is 2.29 bits per heavy atom. The lowest BCUT2D eigenvalue weighted by atomic mass is 10.0. The zero-order valence-electron chi connectivity index (χ0n) is 10.2. The molecule has 1 saturated heterocycles. The van der Waals surface area contributed by atoms with Crippen LogP contribution in [0, 0.1) is 5.92 Å². The normalized spacial score (nSPS) is 28.2. The third-order valence-corrected chi connectivity index (χ3v) is 3.31. The van der Waals surface area contributed by atoms with E-state index in [0.717, 1.165) is 19.4 Å². The second-order valence-electron chi connectivity index (χ2n) is 4.84. The van der Waals surface area contributed by atoms with E-state index < -0.39 is 11.9 Å². The van der Waals surface area contributed by atoms with Crippen molar-refractivity contribution in [3.63, 3.8) is 0 Å². The molecule has 2 heterocycles. The first-order valence-corrected chi connectivity index (χ1v) is 6.03. The van der Waals surface area contributed by atoms with Crippen molar-refractivity contribution < 1.29 is 9.59 Å². The fraction of sp³-hybridized carbons (Fsp3) is 0.667. The Hall–Kier alpha value is -1.52. The van der Waals surface area contributed by atoms with E-state index in [4.69, 9.17) is 0 Å². The molecule has 0 radical (unpaired) electrons. The van der Waals surface area contributed by atoms with E-state index in [1.54, 1.807) is 0 Å². The fourth-order valence-corrected chi connectivity index (χ4v) is 2.43. The number of hydrogen-bond acceptors (Lipinski definition) is 3. The summed E-state index contributed by atoms with van der Waals surface area (Å²) < 4.78 is 0. The molecule has 2 amide bonds. The molecule has 0 bridgehead atoms. The highest BCUT2D eigenvalue weighted by Gasteiger charge is 2.34. The van der Waals surface area contributed by atoms with Crippen LogP contribution < -0.4 is 0 Å². The van der Waals surface area contributed by atoms with Crippen LogP contribution >= 0.6 is 0 Å². The van der Waals surface area contributed by atoms with Crippen molar-refractivity contribution in [3.05, 3.63) is 12.2 Å². The van der Waals surface area contributed by atoms with E-state index in [2.05, 4.69) is 24.1 Å². The van der Waals surface area contributed by atoms with Gasteiger partial charge in [0.05, 0.1) is 0 Å². The molecule has 0 aromatic carbocycles. The smallest absolute Gasteiger partial charge is 0.287 e. The molecular formula is C12H17N3O2. The van der Waals surface area contributed by atoms with Gasteiger partial charge < -0.3 is 4.90 Å². The van der Waals surface area contributed by atoms with Crippen LogP contribution in [0.1, 0.15) is 26.7 Å². The van der Waals surface area contributed by atoms with Gasteiger partial charge in [-0.15, -0.1) is 5.11 Å². The molecule has 2 unspecified atom stereocenters. The monoisotopic (exact) mass is 235 g/mol. The molecule has 17 heavy (non-hydrogen) atoms. The first-order valence-electron chi connectivity index (χ1n) is 6.03. The Morgan fingerprint density at radius 3 is 2.88 bits per heavy atom. The SMILES string of the molecule is CC(C)C1CCCN1C(=O)C1C=CC(=O)N=N1. The maximum Gasteiger partial charge on any atom is 0.287 e. The minimum atomic E-state index is -0.605. The van der Waals surface area contributed by atoms with Crippen molar-refractivity contribution in [2.75, 3.05) is 6.54 Å². The van der Waals surface area contributed by atoms with Gasteiger partial charge >= 0.3 is 0 Å². The first kappa shape index (κ1) is 12.0. The van der Waals surface area contributed by atoms with Crippen LogP contribution in [0.4, 0.5) is 0 Å². The van der Waals surface area contributed by atoms with Gasteiger partial charge in [0, 0.05) is 18.7 Å². The van der Waals surface area contributed by atoms with Gasteiger partial charge in [0.1, 0.15) is 0 Å². The lowest BCUT2D eigenvalue weighted by molar-refractivity contribution is -0.133. The van der Waals surface area contributed by atoms with Gasteiger partial charge in [0.25, 0.3) is 11.8 Å². The quantitative estimate of drug-likeness (QED) is 0.729. The van der Waals surface area contributed by atoms with Gasteiger partial charge in [-0.25, -0.2) is 0 Å². The molecule has 2 atom stereocenters. The standard InChI is InChI=1S/C12H17N3O2/c1-8(2)10-4-3-7-15(10)12(17)9-5-6-11(16)14-13-9/h5-6,8-10H,3-4,7H2,1-2H3. The Labute approximate surface area is 101 Å². The van der Waals surface area contributed by atoms with Crippen LogP contribution in [0.25, 0.3) is 0 Å². The van der Waals surface area contributed by atoms with E-state index in [0.29, 0.717) is 12.0 Å². The summed E-state index contributed by atoms with van der Waals surface area (Å²) in [5, 5.41) is 7.17. The molecule has 2 rings (SSSR count). The summed E-state index contributed by atoms with van der Waals surface area (Å²) in [6, 6.07) is -0.309. The molecule has 0 N–H and O–H groups in total. The Kier molecular flexibility index (Phi) is 3.36. The topological polar surface area (TPSA) is 62.1 Å². The average Bonchev–Trinajstić information content (AvgIpc) is 2.78. The van der Waals surface area contributed by atoms with Crippen molar-refractivity contribution in [1.29, 1.82) is 0 Å². The van der Waals surface area contributed by atoms with Crippen LogP contribution in [0.2, 0.25) is 0 Å².